The molecule has 318 valence electrons. The number of hydrazine groups is 1. The van der Waals surface area contributed by atoms with Crippen molar-refractivity contribution in [2.24, 2.45) is 11.3 Å². The molecule has 1 aliphatic rings. The molecule has 1 fully saturated rings. The Hall–Kier alpha value is -4.97. The van der Waals surface area contributed by atoms with E-state index in [0.717, 1.165) is 16.3 Å². The summed E-state index contributed by atoms with van der Waals surface area (Å²) in [5.41, 5.74) is 4.32. The Balaban J connectivity index is 1.62. The number of rotatable bonds is 21. The highest BCUT2D eigenvalue weighted by atomic mass is 32.1. The molecule has 0 saturated carbocycles. The molecule has 17 heteroatoms. The minimum absolute atomic E-state index is 0.0681. The van der Waals surface area contributed by atoms with Crippen LogP contribution >= 0.6 is 11.3 Å². The standard InChI is InChI=1S/C41H59N7O9S/c1-9-26(2)35(48-18-17-46(40(48)54)22-29-25-58-34(42-29)24-55-6)37(50)43-30(19-27-13-11-10-12-14-27)31(49)23-47(21-28-15-16-32(56-7)33(20-28)57-8)45-38(51)36(41(3,4)5)44-39(52)53/h10-16,20,25-26,30-31,35-36,44,49H,9,17-19,21-24H2,1-8H3,(H,43,50)(H,45,51)(H,52,53). The van der Waals surface area contributed by atoms with E-state index in [4.69, 9.17) is 14.2 Å². The maximum absolute atomic E-state index is 14.5. The Kier molecular flexibility index (Phi) is 16.7. The number of benzene rings is 2. The summed E-state index contributed by atoms with van der Waals surface area (Å²) in [5, 5.41) is 31.3. The molecular formula is C41H59N7O9S. The van der Waals surface area contributed by atoms with Gasteiger partial charge in [-0.3, -0.25) is 15.0 Å². The lowest BCUT2D eigenvalue weighted by Gasteiger charge is -2.36. The van der Waals surface area contributed by atoms with Gasteiger partial charge in [-0.1, -0.05) is 77.4 Å². The Morgan fingerprint density at radius 1 is 0.983 bits per heavy atom. The second-order valence-electron chi connectivity index (χ2n) is 15.6. The zero-order chi connectivity index (χ0) is 42.6. The number of amides is 5. The van der Waals surface area contributed by atoms with E-state index >= 15 is 0 Å². The SMILES string of the molecule is CCC(C)C(C(=O)NC(Cc1ccccc1)C(O)CN(Cc1ccc(OC)c(OC)c1)NC(=O)C(NC(=O)O)C(C)(C)C)N1CCN(Cc2csc(COC)n2)C1=O. The molecular weight excluding hydrogens is 767 g/mol. The molecule has 58 heavy (non-hydrogen) atoms. The van der Waals surface area contributed by atoms with Crippen LogP contribution in [0.1, 0.15) is 62.9 Å². The molecule has 5 amide bonds. The van der Waals surface area contributed by atoms with Gasteiger partial charge in [0.2, 0.25) is 5.91 Å². The van der Waals surface area contributed by atoms with Gasteiger partial charge in [0.25, 0.3) is 5.91 Å². The molecule has 0 aliphatic carbocycles. The van der Waals surface area contributed by atoms with Crippen LogP contribution in [-0.4, -0.2) is 119 Å². The number of ether oxygens (including phenoxy) is 3. The van der Waals surface area contributed by atoms with Crippen molar-refractivity contribution in [3.63, 3.8) is 0 Å². The van der Waals surface area contributed by atoms with E-state index < -0.39 is 47.6 Å². The minimum atomic E-state index is -1.36. The highest BCUT2D eigenvalue weighted by molar-refractivity contribution is 7.09. The topological polar surface area (TPSA) is 195 Å². The number of methoxy groups -OCH3 is 3. The Morgan fingerprint density at radius 2 is 1.69 bits per heavy atom. The number of carbonyl (C=O) groups is 4. The zero-order valence-corrected chi connectivity index (χ0v) is 35.5. The van der Waals surface area contributed by atoms with Crippen molar-refractivity contribution in [1.82, 2.24) is 35.9 Å². The van der Waals surface area contributed by atoms with E-state index in [2.05, 4.69) is 21.0 Å². The fraction of sp³-hybridized carbons (Fsp3) is 0.537. The van der Waals surface area contributed by atoms with E-state index in [1.54, 1.807) is 55.9 Å². The van der Waals surface area contributed by atoms with E-state index in [1.165, 1.54) is 30.6 Å². The summed E-state index contributed by atoms with van der Waals surface area (Å²) < 4.78 is 16.1. The van der Waals surface area contributed by atoms with Crippen LogP contribution in [0.25, 0.3) is 0 Å². The summed E-state index contributed by atoms with van der Waals surface area (Å²) in [5.74, 6) is -0.305. The fourth-order valence-electron chi connectivity index (χ4n) is 6.88. The Bertz CT molecular complexity index is 1820. The van der Waals surface area contributed by atoms with Gasteiger partial charge in [-0.15, -0.1) is 11.3 Å². The van der Waals surface area contributed by atoms with Crippen LogP contribution in [0, 0.1) is 11.3 Å². The summed E-state index contributed by atoms with van der Waals surface area (Å²) >= 11 is 1.46. The maximum Gasteiger partial charge on any atom is 0.405 e. The van der Waals surface area contributed by atoms with E-state index in [1.807, 2.05) is 49.6 Å². The smallest absolute Gasteiger partial charge is 0.405 e. The number of aliphatic hydroxyl groups excluding tert-OH is 1. The first-order valence-corrected chi connectivity index (χ1v) is 20.2. The minimum Gasteiger partial charge on any atom is -0.493 e. The average Bonchev–Trinajstić information content (AvgIpc) is 3.78. The number of hydrogen-bond acceptors (Lipinski definition) is 11. The lowest BCUT2D eigenvalue weighted by Crippen LogP contribution is -2.60. The lowest BCUT2D eigenvalue weighted by molar-refractivity contribution is -0.132. The second kappa shape index (κ2) is 21.2. The third kappa shape index (κ3) is 12.5. The van der Waals surface area contributed by atoms with Gasteiger partial charge in [0.1, 0.15) is 17.1 Å². The predicted octanol–water partition coefficient (Wildman–Crippen LogP) is 4.26. The number of urea groups is 1. The van der Waals surface area contributed by atoms with Crippen molar-refractivity contribution >= 4 is 35.3 Å². The van der Waals surface area contributed by atoms with Crippen LogP contribution in [0.5, 0.6) is 11.5 Å². The van der Waals surface area contributed by atoms with Gasteiger partial charge in [0.05, 0.1) is 45.2 Å². The van der Waals surface area contributed by atoms with Crippen molar-refractivity contribution < 1.29 is 43.6 Å². The van der Waals surface area contributed by atoms with Crippen molar-refractivity contribution in [1.29, 1.82) is 0 Å². The van der Waals surface area contributed by atoms with Gasteiger partial charge < -0.3 is 44.9 Å². The van der Waals surface area contributed by atoms with Crippen LogP contribution in [0.3, 0.4) is 0 Å². The second-order valence-corrected chi connectivity index (χ2v) is 16.5. The molecule has 1 aromatic heterocycles. The molecule has 5 N–H and O–H groups in total. The zero-order valence-electron chi connectivity index (χ0n) is 34.7. The Labute approximate surface area is 344 Å². The molecule has 3 aromatic rings. The third-order valence-corrected chi connectivity index (χ3v) is 11.0. The number of hydrogen-bond donors (Lipinski definition) is 5. The first kappa shape index (κ1) is 45.7. The number of carbonyl (C=O) groups excluding carboxylic acids is 3. The van der Waals surface area contributed by atoms with Gasteiger partial charge in [-0.25, -0.2) is 19.6 Å². The molecule has 1 aliphatic heterocycles. The lowest BCUT2D eigenvalue weighted by atomic mass is 9.86. The van der Waals surface area contributed by atoms with Crippen LogP contribution < -0.4 is 25.5 Å². The summed E-state index contributed by atoms with van der Waals surface area (Å²) in [6.07, 6.45) is -1.77. The van der Waals surface area contributed by atoms with Gasteiger partial charge in [-0.05, 0) is 41.0 Å². The first-order chi connectivity index (χ1) is 27.6. The van der Waals surface area contributed by atoms with Crippen LogP contribution in [0.2, 0.25) is 0 Å². The normalized spacial score (nSPS) is 15.7. The number of thiazole rings is 1. The summed E-state index contributed by atoms with van der Waals surface area (Å²) in [4.78, 5) is 61.7. The number of aliphatic hydroxyl groups is 1. The number of nitrogens with one attached hydrogen (secondary N) is 3. The summed E-state index contributed by atoms with van der Waals surface area (Å²) in [6.45, 7) is 10.4. The monoisotopic (exact) mass is 825 g/mol. The molecule has 0 bridgehead atoms. The van der Waals surface area contributed by atoms with Crippen LogP contribution in [0.15, 0.2) is 53.9 Å². The molecule has 4 rings (SSSR count). The van der Waals surface area contributed by atoms with Crippen molar-refractivity contribution in [3.8, 4) is 11.5 Å². The largest absolute Gasteiger partial charge is 0.493 e. The Morgan fingerprint density at radius 3 is 2.31 bits per heavy atom. The third-order valence-electron chi connectivity index (χ3n) is 10.1. The summed E-state index contributed by atoms with van der Waals surface area (Å²) in [7, 11) is 4.63. The van der Waals surface area contributed by atoms with Crippen LogP contribution in [0.4, 0.5) is 9.59 Å². The van der Waals surface area contributed by atoms with Crippen molar-refractivity contribution in [2.75, 3.05) is 41.0 Å². The predicted molar refractivity (Wildman–Crippen MR) is 219 cm³/mol. The van der Waals surface area contributed by atoms with Gasteiger partial charge >= 0.3 is 12.1 Å². The van der Waals surface area contributed by atoms with E-state index in [0.29, 0.717) is 49.7 Å². The fourth-order valence-corrected chi connectivity index (χ4v) is 7.64. The molecule has 2 heterocycles. The highest BCUT2D eigenvalue weighted by Gasteiger charge is 2.41. The average molecular weight is 826 g/mol. The van der Waals surface area contributed by atoms with E-state index in [-0.39, 0.29) is 31.5 Å². The van der Waals surface area contributed by atoms with Crippen molar-refractivity contribution in [2.45, 2.75) is 91.4 Å². The first-order valence-electron chi connectivity index (χ1n) is 19.3. The molecule has 0 spiro atoms. The molecule has 0 radical (unpaired) electrons. The van der Waals surface area contributed by atoms with Gasteiger partial charge in [0.15, 0.2) is 11.5 Å². The number of nitrogens with zero attached hydrogens (tertiary/aromatic N) is 4. The molecule has 2 aromatic carbocycles. The summed E-state index contributed by atoms with van der Waals surface area (Å²) in [6, 6.07) is 11.5. The van der Waals surface area contributed by atoms with Crippen LogP contribution in [-0.2, 0) is 40.4 Å². The van der Waals surface area contributed by atoms with E-state index in [9.17, 15) is 29.4 Å². The van der Waals surface area contributed by atoms with Crippen molar-refractivity contribution in [3.05, 3.63) is 75.7 Å². The molecule has 5 atom stereocenters. The van der Waals surface area contributed by atoms with Gasteiger partial charge in [0, 0.05) is 38.7 Å². The molecule has 5 unspecified atom stereocenters. The number of aromatic nitrogens is 1. The quantitative estimate of drug-likeness (QED) is 0.0964. The molecule has 16 nitrogen and oxygen atoms in total. The van der Waals surface area contributed by atoms with Gasteiger partial charge in [-0.2, -0.15) is 0 Å². The maximum atomic E-state index is 14.5. The molecule has 1 saturated heterocycles. The number of carboxylic acid groups (broad SMARTS) is 1. The highest BCUT2D eigenvalue weighted by Crippen LogP contribution is 2.29.